The molecule has 0 aromatic rings. The number of aliphatic imine (C=N–C) groups is 1. The summed E-state index contributed by atoms with van der Waals surface area (Å²) < 4.78 is 4.92. The number of nitrogens with one attached hydrogen (secondary N) is 1. The fourth-order valence-corrected chi connectivity index (χ4v) is 4.06. The van der Waals surface area contributed by atoms with Crippen LogP contribution in [0.25, 0.3) is 0 Å². The maximum absolute atomic E-state index is 11.8. The summed E-state index contributed by atoms with van der Waals surface area (Å²) in [5.41, 5.74) is 0. The Morgan fingerprint density at radius 2 is 2.00 bits per heavy atom. The molecule has 0 bridgehead atoms. The Morgan fingerprint density at radius 3 is 2.65 bits per heavy atom. The number of rotatable bonds is 6. The number of hydrogen-bond acceptors (Lipinski definition) is 4. The van der Waals surface area contributed by atoms with Crippen LogP contribution in [0.5, 0.6) is 0 Å². The van der Waals surface area contributed by atoms with Crippen LogP contribution >= 0.6 is 24.0 Å². The molecule has 152 valence electrons. The molecule has 7 heteroatoms. The lowest BCUT2D eigenvalue weighted by atomic mass is 9.99. The number of likely N-dealkylation sites (tertiary alicyclic amines) is 2. The molecule has 6 nitrogen and oxygen atoms in total. The molecular formula is C19H37IN4O2. The minimum Gasteiger partial charge on any atom is -0.469 e. The second-order valence-electron chi connectivity index (χ2n) is 7.57. The molecule has 0 saturated carbocycles. The van der Waals surface area contributed by atoms with E-state index in [2.05, 4.69) is 34.0 Å². The number of esters is 1. The van der Waals surface area contributed by atoms with Crippen LogP contribution in [0.15, 0.2) is 4.99 Å². The zero-order valence-corrected chi connectivity index (χ0v) is 19.2. The van der Waals surface area contributed by atoms with Crippen molar-refractivity contribution < 1.29 is 9.53 Å². The number of nitrogens with zero attached hydrogens (tertiary/aromatic N) is 3. The van der Waals surface area contributed by atoms with E-state index in [0.29, 0.717) is 12.5 Å². The summed E-state index contributed by atoms with van der Waals surface area (Å²) in [6, 6.07) is 0.746. The lowest BCUT2D eigenvalue weighted by molar-refractivity contribution is -0.145. The van der Waals surface area contributed by atoms with E-state index in [0.717, 1.165) is 31.5 Å². The monoisotopic (exact) mass is 480 g/mol. The van der Waals surface area contributed by atoms with Gasteiger partial charge < -0.3 is 19.9 Å². The molecular weight excluding hydrogens is 443 g/mol. The smallest absolute Gasteiger partial charge is 0.310 e. The van der Waals surface area contributed by atoms with Crippen LogP contribution in [0.2, 0.25) is 0 Å². The average Bonchev–Trinajstić information content (AvgIpc) is 3.00. The summed E-state index contributed by atoms with van der Waals surface area (Å²) in [5, 5.41) is 3.46. The maximum atomic E-state index is 11.8. The Morgan fingerprint density at radius 1 is 1.23 bits per heavy atom. The second kappa shape index (κ2) is 12.0. The first-order valence-electron chi connectivity index (χ1n) is 9.84. The fourth-order valence-electron chi connectivity index (χ4n) is 4.06. The Hall–Kier alpha value is -0.570. The minimum atomic E-state index is -0.110. The molecule has 2 aliphatic heterocycles. The largest absolute Gasteiger partial charge is 0.469 e. The van der Waals surface area contributed by atoms with E-state index in [1.54, 1.807) is 0 Å². The van der Waals surface area contributed by atoms with Gasteiger partial charge in [0.15, 0.2) is 5.96 Å². The molecule has 2 fully saturated rings. The van der Waals surface area contributed by atoms with Gasteiger partial charge in [0.1, 0.15) is 0 Å². The average molecular weight is 480 g/mol. The van der Waals surface area contributed by atoms with Crippen molar-refractivity contribution in [2.24, 2.45) is 16.8 Å². The van der Waals surface area contributed by atoms with Crippen molar-refractivity contribution in [1.82, 2.24) is 15.1 Å². The number of piperidine rings is 1. The zero-order chi connectivity index (χ0) is 18.2. The summed E-state index contributed by atoms with van der Waals surface area (Å²) >= 11 is 0. The van der Waals surface area contributed by atoms with Crippen molar-refractivity contribution in [1.29, 1.82) is 0 Å². The fraction of sp³-hybridized carbons (Fsp3) is 0.895. The van der Waals surface area contributed by atoms with Gasteiger partial charge in [-0.25, -0.2) is 0 Å². The number of hydrogen-bond donors (Lipinski definition) is 1. The Kier molecular flexibility index (Phi) is 10.8. The molecule has 2 heterocycles. The zero-order valence-electron chi connectivity index (χ0n) is 16.9. The van der Waals surface area contributed by atoms with Crippen LogP contribution < -0.4 is 5.32 Å². The summed E-state index contributed by atoms with van der Waals surface area (Å²) in [7, 11) is 3.28. The van der Waals surface area contributed by atoms with E-state index in [1.807, 2.05) is 7.05 Å². The van der Waals surface area contributed by atoms with Gasteiger partial charge in [0, 0.05) is 32.7 Å². The summed E-state index contributed by atoms with van der Waals surface area (Å²) in [6.45, 7) is 9.40. The highest BCUT2D eigenvalue weighted by atomic mass is 127. The SMILES string of the molecule is CN=C(NCCCCN1CCCCC1C)N1CC(C)C(C(=O)OC)C1.I. The van der Waals surface area contributed by atoms with Gasteiger partial charge in [0.25, 0.3) is 0 Å². The Bertz CT molecular complexity index is 461. The van der Waals surface area contributed by atoms with Crippen molar-refractivity contribution >= 4 is 35.9 Å². The van der Waals surface area contributed by atoms with Gasteiger partial charge in [-0.1, -0.05) is 13.3 Å². The van der Waals surface area contributed by atoms with Crippen molar-refractivity contribution in [3.8, 4) is 0 Å². The quantitative estimate of drug-likeness (QED) is 0.208. The number of halogens is 1. The first-order valence-corrected chi connectivity index (χ1v) is 9.84. The lowest BCUT2D eigenvalue weighted by Crippen LogP contribution is -2.41. The van der Waals surface area contributed by atoms with Crippen molar-refractivity contribution in [2.45, 2.75) is 52.0 Å². The van der Waals surface area contributed by atoms with Crippen LogP contribution in [-0.2, 0) is 9.53 Å². The van der Waals surface area contributed by atoms with Gasteiger partial charge in [0.05, 0.1) is 13.0 Å². The Balaban J connectivity index is 0.00000338. The molecule has 2 rings (SSSR count). The van der Waals surface area contributed by atoms with Crippen LogP contribution in [0.4, 0.5) is 0 Å². The summed E-state index contributed by atoms with van der Waals surface area (Å²) in [5.74, 6) is 1.04. The van der Waals surface area contributed by atoms with Crippen molar-refractivity contribution in [3.05, 3.63) is 0 Å². The first-order chi connectivity index (χ1) is 12.1. The van der Waals surface area contributed by atoms with Crippen molar-refractivity contribution in [2.75, 3.05) is 46.9 Å². The van der Waals surface area contributed by atoms with E-state index >= 15 is 0 Å². The van der Waals surface area contributed by atoms with E-state index < -0.39 is 0 Å². The topological polar surface area (TPSA) is 57.2 Å². The van der Waals surface area contributed by atoms with Crippen LogP contribution in [0.3, 0.4) is 0 Å². The molecule has 3 unspecified atom stereocenters. The second-order valence-corrected chi connectivity index (χ2v) is 7.57. The number of ether oxygens (including phenoxy) is 1. The standard InChI is InChI=1S/C19H36N4O2.HI/c1-15-13-23(14-17(15)18(24)25-4)19(20-3)21-10-6-8-12-22-11-7-5-9-16(22)2;/h15-17H,5-14H2,1-4H3,(H,20,21);1H. The normalized spacial score (nSPS) is 27.2. The van der Waals surface area contributed by atoms with Gasteiger partial charge in [-0.2, -0.15) is 0 Å². The molecule has 2 saturated heterocycles. The summed E-state index contributed by atoms with van der Waals surface area (Å²) in [4.78, 5) is 21.0. The highest BCUT2D eigenvalue weighted by Gasteiger charge is 2.36. The third kappa shape index (κ3) is 6.55. The van der Waals surface area contributed by atoms with Crippen LogP contribution in [0.1, 0.15) is 46.0 Å². The molecule has 0 spiro atoms. The molecule has 0 aromatic carbocycles. The maximum Gasteiger partial charge on any atom is 0.310 e. The third-order valence-corrected chi connectivity index (χ3v) is 5.72. The molecule has 0 aliphatic carbocycles. The number of methoxy groups -OCH3 is 1. The molecule has 0 radical (unpaired) electrons. The van der Waals surface area contributed by atoms with E-state index in [1.165, 1.54) is 45.9 Å². The van der Waals surface area contributed by atoms with Gasteiger partial charge in [0.2, 0.25) is 0 Å². The molecule has 26 heavy (non-hydrogen) atoms. The van der Waals surface area contributed by atoms with E-state index in [9.17, 15) is 4.79 Å². The minimum absolute atomic E-state index is 0. The summed E-state index contributed by atoms with van der Waals surface area (Å²) in [6.07, 6.45) is 6.45. The van der Waals surface area contributed by atoms with E-state index in [4.69, 9.17) is 4.74 Å². The molecule has 0 amide bonds. The van der Waals surface area contributed by atoms with Gasteiger partial charge >= 0.3 is 5.97 Å². The van der Waals surface area contributed by atoms with Gasteiger partial charge in [-0.15, -0.1) is 24.0 Å². The number of carbonyl (C=O) groups excluding carboxylic acids is 1. The van der Waals surface area contributed by atoms with Crippen molar-refractivity contribution in [3.63, 3.8) is 0 Å². The van der Waals surface area contributed by atoms with Gasteiger partial charge in [-0.05, 0) is 51.6 Å². The molecule has 3 atom stereocenters. The van der Waals surface area contributed by atoms with Crippen LogP contribution in [-0.4, -0.2) is 74.7 Å². The van der Waals surface area contributed by atoms with Gasteiger partial charge in [-0.3, -0.25) is 9.79 Å². The number of guanidine groups is 1. The molecule has 2 aliphatic rings. The highest BCUT2D eigenvalue weighted by Crippen LogP contribution is 2.24. The number of unbranched alkanes of at least 4 members (excludes halogenated alkanes) is 1. The molecule has 1 N–H and O–H groups in total. The first kappa shape index (κ1) is 23.5. The van der Waals surface area contributed by atoms with Crippen LogP contribution in [0, 0.1) is 11.8 Å². The highest BCUT2D eigenvalue weighted by molar-refractivity contribution is 14.0. The molecule has 0 aromatic heterocycles. The van der Waals surface area contributed by atoms with E-state index in [-0.39, 0.29) is 35.9 Å². The predicted octanol–water partition coefficient (Wildman–Crippen LogP) is 2.58. The predicted molar refractivity (Wildman–Crippen MR) is 117 cm³/mol. The lowest BCUT2D eigenvalue weighted by Gasteiger charge is -2.33. The number of carbonyl (C=O) groups is 1. The third-order valence-electron chi connectivity index (χ3n) is 5.72. The Labute approximate surface area is 176 Å².